The first-order valence-corrected chi connectivity index (χ1v) is 9.79. The van der Waals surface area contributed by atoms with E-state index in [4.69, 9.17) is 4.74 Å². The molecule has 0 atom stereocenters. The molecule has 1 rings (SSSR count). The van der Waals surface area contributed by atoms with Crippen LogP contribution in [0.1, 0.15) is 33.1 Å². The van der Waals surface area contributed by atoms with Gasteiger partial charge in [0.05, 0.1) is 12.9 Å². The number of ether oxygens (including phenoxy) is 1. The number of carbonyl (C=O) groups is 2. The zero-order valence-electron chi connectivity index (χ0n) is 14.1. The summed E-state index contributed by atoms with van der Waals surface area (Å²) in [6.45, 7) is 5.29. The molecule has 23 heavy (non-hydrogen) atoms. The Bertz CT molecular complexity index is 501. The lowest BCUT2D eigenvalue weighted by atomic mass is 10.1. The fourth-order valence-electron chi connectivity index (χ4n) is 2.60. The number of hydrogen-bond donors (Lipinski definition) is 1. The number of carbonyl (C=O) groups excluding carboxylic acids is 2. The topological polar surface area (TPSA) is 96.0 Å². The van der Waals surface area contributed by atoms with Gasteiger partial charge in [0.1, 0.15) is 0 Å². The largest absolute Gasteiger partial charge is 0.450 e. The van der Waals surface area contributed by atoms with Gasteiger partial charge in [0, 0.05) is 38.6 Å². The van der Waals surface area contributed by atoms with E-state index in [-0.39, 0.29) is 31.1 Å². The van der Waals surface area contributed by atoms with Crippen molar-refractivity contribution in [1.82, 2.24) is 14.5 Å². The summed E-state index contributed by atoms with van der Waals surface area (Å²) in [4.78, 5) is 24.5. The van der Waals surface area contributed by atoms with Crippen LogP contribution in [-0.2, 0) is 19.6 Å². The van der Waals surface area contributed by atoms with Crippen molar-refractivity contribution in [2.75, 3.05) is 39.0 Å². The lowest BCUT2D eigenvalue weighted by Crippen LogP contribution is -2.50. The molecule has 0 aromatic carbocycles. The number of nitrogens with zero attached hydrogens (tertiary/aromatic N) is 2. The maximum Gasteiger partial charge on any atom is 0.409 e. The molecule has 134 valence electrons. The molecule has 0 bridgehead atoms. The Morgan fingerprint density at radius 2 is 1.87 bits per heavy atom. The molecule has 9 heteroatoms. The Labute approximate surface area is 138 Å². The molecule has 0 aromatic heterocycles. The summed E-state index contributed by atoms with van der Waals surface area (Å²) in [6.07, 6.45) is 2.32. The molecular weight excluding hydrogens is 322 g/mol. The summed E-state index contributed by atoms with van der Waals surface area (Å²) in [5.41, 5.74) is 0. The van der Waals surface area contributed by atoms with E-state index in [2.05, 4.69) is 5.32 Å². The first-order chi connectivity index (χ1) is 10.8. The monoisotopic (exact) mass is 349 g/mol. The van der Waals surface area contributed by atoms with Crippen LogP contribution in [0.2, 0.25) is 0 Å². The number of likely N-dealkylation sites (tertiary alicyclic amines) is 1. The van der Waals surface area contributed by atoms with Crippen molar-refractivity contribution in [3.05, 3.63) is 0 Å². The van der Waals surface area contributed by atoms with Crippen molar-refractivity contribution >= 4 is 22.0 Å². The van der Waals surface area contributed by atoms with E-state index in [9.17, 15) is 18.0 Å². The highest BCUT2D eigenvalue weighted by Gasteiger charge is 2.31. The summed E-state index contributed by atoms with van der Waals surface area (Å²) >= 11 is 0. The molecule has 0 saturated carbocycles. The van der Waals surface area contributed by atoms with E-state index < -0.39 is 10.0 Å². The van der Waals surface area contributed by atoms with Gasteiger partial charge in [0.25, 0.3) is 0 Å². The predicted molar refractivity (Wildman–Crippen MR) is 86.5 cm³/mol. The van der Waals surface area contributed by atoms with E-state index in [0.29, 0.717) is 39.0 Å². The molecule has 1 N–H and O–H groups in total. The number of sulfonamides is 1. The first-order valence-electron chi connectivity index (χ1n) is 7.94. The van der Waals surface area contributed by atoms with Gasteiger partial charge in [-0.2, -0.15) is 4.31 Å². The third-order valence-electron chi connectivity index (χ3n) is 3.80. The minimum atomic E-state index is -3.37. The molecule has 1 saturated heterocycles. The Hall–Kier alpha value is -1.35. The second kappa shape index (κ2) is 9.07. The van der Waals surface area contributed by atoms with Crippen LogP contribution in [0.4, 0.5) is 4.79 Å². The predicted octanol–water partition coefficient (Wildman–Crippen LogP) is 0.395. The SMILES string of the molecule is CCOC(=O)N1CCC(N(CCNC(=O)CC)S(C)(=O)=O)CC1. The van der Waals surface area contributed by atoms with Crippen LogP contribution in [0.25, 0.3) is 0 Å². The van der Waals surface area contributed by atoms with Crippen LogP contribution >= 0.6 is 0 Å². The Morgan fingerprint density at radius 3 is 2.35 bits per heavy atom. The maximum atomic E-state index is 12.0. The van der Waals surface area contributed by atoms with Crippen LogP contribution in [0.5, 0.6) is 0 Å². The van der Waals surface area contributed by atoms with Crippen LogP contribution in [-0.4, -0.2) is 74.7 Å². The van der Waals surface area contributed by atoms with Crippen molar-refractivity contribution in [2.24, 2.45) is 0 Å². The van der Waals surface area contributed by atoms with Crippen molar-refractivity contribution in [3.8, 4) is 0 Å². The molecule has 2 amide bonds. The Kier molecular flexibility index (Phi) is 7.77. The molecular formula is C14H27N3O5S. The smallest absolute Gasteiger partial charge is 0.409 e. The number of hydrogen-bond acceptors (Lipinski definition) is 5. The highest BCUT2D eigenvalue weighted by molar-refractivity contribution is 7.88. The number of amides is 2. The van der Waals surface area contributed by atoms with Gasteiger partial charge in [-0.25, -0.2) is 13.2 Å². The van der Waals surface area contributed by atoms with E-state index in [1.807, 2.05) is 0 Å². The van der Waals surface area contributed by atoms with Crippen LogP contribution in [0.15, 0.2) is 0 Å². The highest BCUT2D eigenvalue weighted by atomic mass is 32.2. The first kappa shape index (κ1) is 19.7. The summed E-state index contributed by atoms with van der Waals surface area (Å²) < 4.78 is 30.4. The molecule has 1 aliphatic rings. The van der Waals surface area contributed by atoms with Crippen LogP contribution < -0.4 is 5.32 Å². The molecule has 0 radical (unpaired) electrons. The number of rotatable bonds is 7. The minimum Gasteiger partial charge on any atom is -0.450 e. The molecule has 0 aliphatic carbocycles. The van der Waals surface area contributed by atoms with Crippen molar-refractivity contribution in [3.63, 3.8) is 0 Å². The zero-order chi connectivity index (χ0) is 17.5. The molecule has 0 unspecified atom stereocenters. The molecule has 8 nitrogen and oxygen atoms in total. The highest BCUT2D eigenvalue weighted by Crippen LogP contribution is 2.19. The minimum absolute atomic E-state index is 0.101. The second-order valence-electron chi connectivity index (χ2n) is 5.49. The van der Waals surface area contributed by atoms with Crippen molar-refractivity contribution < 1.29 is 22.7 Å². The van der Waals surface area contributed by atoms with Crippen LogP contribution in [0.3, 0.4) is 0 Å². The Morgan fingerprint density at radius 1 is 1.26 bits per heavy atom. The molecule has 1 heterocycles. The van der Waals surface area contributed by atoms with Gasteiger partial charge in [0.15, 0.2) is 0 Å². The van der Waals surface area contributed by atoms with Crippen molar-refractivity contribution in [1.29, 1.82) is 0 Å². The van der Waals surface area contributed by atoms with Gasteiger partial charge < -0.3 is 15.0 Å². The average molecular weight is 349 g/mol. The summed E-state index contributed by atoms with van der Waals surface area (Å²) in [5.74, 6) is -0.101. The molecule has 1 fully saturated rings. The maximum absolute atomic E-state index is 12.0. The number of nitrogens with one attached hydrogen (secondary N) is 1. The molecule has 1 aliphatic heterocycles. The van der Waals surface area contributed by atoms with E-state index in [1.165, 1.54) is 10.6 Å². The van der Waals surface area contributed by atoms with Gasteiger partial charge in [-0.1, -0.05) is 6.92 Å². The van der Waals surface area contributed by atoms with Gasteiger partial charge in [-0.15, -0.1) is 0 Å². The molecule has 0 spiro atoms. The lowest BCUT2D eigenvalue weighted by Gasteiger charge is -2.36. The zero-order valence-corrected chi connectivity index (χ0v) is 14.9. The summed E-state index contributed by atoms with van der Waals surface area (Å²) in [6, 6.07) is -0.158. The third-order valence-corrected chi connectivity index (χ3v) is 5.13. The summed E-state index contributed by atoms with van der Waals surface area (Å²) in [7, 11) is -3.37. The fraction of sp³-hybridized carbons (Fsp3) is 0.857. The van der Waals surface area contributed by atoms with Gasteiger partial charge in [-0.3, -0.25) is 4.79 Å². The third kappa shape index (κ3) is 6.34. The number of piperidine rings is 1. The Balaban J connectivity index is 2.58. The fourth-order valence-corrected chi connectivity index (χ4v) is 3.78. The van der Waals surface area contributed by atoms with Gasteiger partial charge in [-0.05, 0) is 19.8 Å². The van der Waals surface area contributed by atoms with E-state index >= 15 is 0 Å². The normalized spacial score (nSPS) is 16.4. The second-order valence-corrected chi connectivity index (χ2v) is 7.43. The van der Waals surface area contributed by atoms with Crippen molar-refractivity contribution in [2.45, 2.75) is 39.2 Å². The lowest BCUT2D eigenvalue weighted by molar-refractivity contribution is -0.120. The van der Waals surface area contributed by atoms with E-state index in [1.54, 1.807) is 18.7 Å². The van der Waals surface area contributed by atoms with E-state index in [0.717, 1.165) is 0 Å². The molecule has 0 aromatic rings. The van der Waals surface area contributed by atoms with Crippen LogP contribution in [0, 0.1) is 0 Å². The standard InChI is InChI=1S/C14H27N3O5S/c1-4-13(18)15-8-11-17(23(3,20)21)12-6-9-16(10-7-12)14(19)22-5-2/h12H,4-11H2,1-3H3,(H,15,18). The quantitative estimate of drug-likeness (QED) is 0.717. The van der Waals surface area contributed by atoms with Gasteiger partial charge in [0.2, 0.25) is 15.9 Å². The average Bonchev–Trinajstić information content (AvgIpc) is 2.50. The van der Waals surface area contributed by atoms with Gasteiger partial charge >= 0.3 is 6.09 Å². The summed E-state index contributed by atoms with van der Waals surface area (Å²) in [5, 5.41) is 2.69.